The minimum atomic E-state index is -0.106. The molecule has 0 radical (unpaired) electrons. The zero-order valence-electron chi connectivity index (χ0n) is 11.8. The molecule has 0 N–H and O–H groups in total. The van der Waals surface area contributed by atoms with Crippen LogP contribution in [0.4, 0.5) is 0 Å². The van der Waals surface area contributed by atoms with E-state index in [-0.39, 0.29) is 18.4 Å². The number of benzene rings is 1. The van der Waals surface area contributed by atoms with E-state index in [0.717, 1.165) is 26.1 Å². The number of aryl methyl sites for hydroxylation is 1. The molecule has 0 amide bonds. The lowest BCUT2D eigenvalue weighted by atomic mass is 10.1. The Labute approximate surface area is 122 Å². The Bertz CT molecular complexity index is 339. The average Bonchev–Trinajstić information content (AvgIpc) is 2.42. The van der Waals surface area contributed by atoms with Crippen LogP contribution in [-0.2, 0) is 16.0 Å². The maximum Gasteiger partial charge on any atom is 0.306 e. The number of halogens is 1. The Morgan fingerprint density at radius 2 is 1.79 bits per heavy atom. The van der Waals surface area contributed by atoms with E-state index in [2.05, 4.69) is 18.7 Å². The highest BCUT2D eigenvalue weighted by Crippen LogP contribution is 2.03. The normalized spacial score (nSPS) is 10.1. The third-order valence-corrected chi connectivity index (χ3v) is 3.03. The third kappa shape index (κ3) is 7.85. The van der Waals surface area contributed by atoms with Crippen LogP contribution >= 0.6 is 12.4 Å². The zero-order valence-corrected chi connectivity index (χ0v) is 12.6. The Morgan fingerprint density at radius 3 is 2.37 bits per heavy atom. The van der Waals surface area contributed by atoms with Gasteiger partial charge in [-0.25, -0.2) is 0 Å². The molecule has 0 saturated heterocycles. The molecule has 0 aliphatic carbocycles. The molecule has 0 aliphatic heterocycles. The first-order valence-corrected chi connectivity index (χ1v) is 6.68. The molecule has 4 heteroatoms. The number of likely N-dealkylation sites (N-methyl/N-ethyl adjacent to an activating group) is 1. The van der Waals surface area contributed by atoms with E-state index >= 15 is 0 Å². The molecule has 1 rings (SSSR count). The van der Waals surface area contributed by atoms with Crippen molar-refractivity contribution in [1.29, 1.82) is 0 Å². The summed E-state index contributed by atoms with van der Waals surface area (Å²) in [6.07, 6.45) is 1.22. The molecule has 0 heterocycles. The second-order valence-electron chi connectivity index (χ2n) is 4.23. The van der Waals surface area contributed by atoms with Crippen LogP contribution in [0.2, 0.25) is 0 Å². The molecular formula is C15H24ClNO2. The summed E-state index contributed by atoms with van der Waals surface area (Å²) in [5.74, 6) is -0.106. The number of ether oxygens (including phenoxy) is 1. The van der Waals surface area contributed by atoms with Gasteiger partial charge in [0.1, 0.15) is 6.61 Å². The van der Waals surface area contributed by atoms with Crippen LogP contribution < -0.4 is 0 Å². The molecule has 0 spiro atoms. The summed E-state index contributed by atoms with van der Waals surface area (Å²) in [6.45, 7) is 7.54. The van der Waals surface area contributed by atoms with Crippen LogP contribution in [0.15, 0.2) is 30.3 Å². The molecule has 0 saturated carbocycles. The van der Waals surface area contributed by atoms with Crippen molar-refractivity contribution in [2.45, 2.75) is 26.7 Å². The number of carbonyl (C=O) groups excluding carboxylic acids is 1. The van der Waals surface area contributed by atoms with Crippen LogP contribution in [0.3, 0.4) is 0 Å². The first-order valence-electron chi connectivity index (χ1n) is 6.68. The Morgan fingerprint density at radius 1 is 1.16 bits per heavy atom. The fourth-order valence-corrected chi connectivity index (χ4v) is 1.79. The SMILES string of the molecule is CCN(CC)CCOC(=O)CCc1ccccc1.Cl. The fourth-order valence-electron chi connectivity index (χ4n) is 1.79. The van der Waals surface area contributed by atoms with Crippen LogP contribution in [0, 0.1) is 0 Å². The minimum Gasteiger partial charge on any atom is -0.464 e. The minimum absolute atomic E-state index is 0. The Hall–Kier alpha value is -1.06. The van der Waals surface area contributed by atoms with E-state index in [1.165, 1.54) is 5.56 Å². The monoisotopic (exact) mass is 285 g/mol. The van der Waals surface area contributed by atoms with Gasteiger partial charge in [0.05, 0.1) is 0 Å². The lowest BCUT2D eigenvalue weighted by molar-refractivity contribution is -0.144. The lowest BCUT2D eigenvalue weighted by Crippen LogP contribution is -2.27. The van der Waals surface area contributed by atoms with Crippen LogP contribution in [0.1, 0.15) is 25.8 Å². The number of hydrogen-bond donors (Lipinski definition) is 0. The molecule has 3 nitrogen and oxygen atoms in total. The summed E-state index contributed by atoms with van der Waals surface area (Å²) < 4.78 is 5.22. The predicted octanol–water partition coefficient (Wildman–Crippen LogP) is 2.93. The van der Waals surface area contributed by atoms with Crippen molar-refractivity contribution in [2.24, 2.45) is 0 Å². The zero-order chi connectivity index (χ0) is 13.2. The van der Waals surface area contributed by atoms with Gasteiger partial charge in [0.15, 0.2) is 0 Å². The van der Waals surface area contributed by atoms with E-state index in [4.69, 9.17) is 4.74 Å². The summed E-state index contributed by atoms with van der Waals surface area (Å²) >= 11 is 0. The number of carbonyl (C=O) groups is 1. The second kappa shape index (κ2) is 10.8. The highest BCUT2D eigenvalue weighted by Gasteiger charge is 2.05. The molecule has 1 aromatic carbocycles. The topological polar surface area (TPSA) is 29.5 Å². The van der Waals surface area contributed by atoms with E-state index in [9.17, 15) is 4.79 Å². The molecular weight excluding hydrogens is 262 g/mol. The van der Waals surface area contributed by atoms with Gasteiger partial charge in [-0.3, -0.25) is 4.79 Å². The molecule has 0 fully saturated rings. The molecule has 108 valence electrons. The van der Waals surface area contributed by atoms with Gasteiger partial charge in [0.25, 0.3) is 0 Å². The quantitative estimate of drug-likeness (QED) is 0.688. The molecule has 1 aromatic rings. The van der Waals surface area contributed by atoms with Crippen molar-refractivity contribution in [1.82, 2.24) is 4.90 Å². The van der Waals surface area contributed by atoms with Crippen LogP contribution in [-0.4, -0.2) is 37.1 Å². The van der Waals surface area contributed by atoms with Crippen molar-refractivity contribution in [2.75, 3.05) is 26.2 Å². The molecule has 0 bridgehead atoms. The third-order valence-electron chi connectivity index (χ3n) is 3.03. The van der Waals surface area contributed by atoms with Crippen LogP contribution in [0.25, 0.3) is 0 Å². The number of rotatable bonds is 8. The number of hydrogen-bond acceptors (Lipinski definition) is 3. The van der Waals surface area contributed by atoms with Gasteiger partial charge in [-0.2, -0.15) is 0 Å². The molecule has 0 atom stereocenters. The van der Waals surface area contributed by atoms with Gasteiger partial charge >= 0.3 is 5.97 Å². The van der Waals surface area contributed by atoms with Crippen LogP contribution in [0.5, 0.6) is 0 Å². The smallest absolute Gasteiger partial charge is 0.306 e. The second-order valence-corrected chi connectivity index (χ2v) is 4.23. The lowest BCUT2D eigenvalue weighted by Gasteiger charge is -2.17. The van der Waals surface area contributed by atoms with Crippen molar-refractivity contribution in [3.8, 4) is 0 Å². The highest BCUT2D eigenvalue weighted by molar-refractivity contribution is 5.85. The van der Waals surface area contributed by atoms with Gasteiger partial charge in [-0.1, -0.05) is 44.2 Å². The van der Waals surface area contributed by atoms with Crippen molar-refractivity contribution < 1.29 is 9.53 Å². The average molecular weight is 286 g/mol. The standard InChI is InChI=1S/C15H23NO2.ClH/c1-3-16(4-2)12-13-18-15(17)11-10-14-8-6-5-7-9-14;/h5-9H,3-4,10-13H2,1-2H3;1H. The summed E-state index contributed by atoms with van der Waals surface area (Å²) in [4.78, 5) is 13.8. The molecule has 19 heavy (non-hydrogen) atoms. The molecule has 0 unspecified atom stereocenters. The summed E-state index contributed by atoms with van der Waals surface area (Å²) in [5, 5.41) is 0. The maximum atomic E-state index is 11.5. The first-order chi connectivity index (χ1) is 8.76. The summed E-state index contributed by atoms with van der Waals surface area (Å²) in [5.41, 5.74) is 1.18. The summed E-state index contributed by atoms with van der Waals surface area (Å²) in [7, 11) is 0. The van der Waals surface area contributed by atoms with Crippen molar-refractivity contribution in [3.05, 3.63) is 35.9 Å². The molecule has 0 aliphatic rings. The highest BCUT2D eigenvalue weighted by atomic mass is 35.5. The van der Waals surface area contributed by atoms with Gasteiger partial charge in [-0.15, -0.1) is 12.4 Å². The first kappa shape index (κ1) is 17.9. The van der Waals surface area contributed by atoms with E-state index in [0.29, 0.717) is 13.0 Å². The number of esters is 1. The van der Waals surface area contributed by atoms with Gasteiger partial charge in [0.2, 0.25) is 0 Å². The van der Waals surface area contributed by atoms with Crippen molar-refractivity contribution >= 4 is 18.4 Å². The Kier molecular flexibility index (Phi) is 10.2. The van der Waals surface area contributed by atoms with E-state index in [1.807, 2.05) is 30.3 Å². The van der Waals surface area contributed by atoms with E-state index in [1.54, 1.807) is 0 Å². The number of nitrogens with zero attached hydrogens (tertiary/aromatic N) is 1. The van der Waals surface area contributed by atoms with E-state index < -0.39 is 0 Å². The van der Waals surface area contributed by atoms with Crippen molar-refractivity contribution in [3.63, 3.8) is 0 Å². The maximum absolute atomic E-state index is 11.5. The Balaban J connectivity index is 0.00000324. The fraction of sp³-hybridized carbons (Fsp3) is 0.533. The van der Waals surface area contributed by atoms with Gasteiger partial charge in [-0.05, 0) is 25.1 Å². The largest absolute Gasteiger partial charge is 0.464 e. The summed E-state index contributed by atoms with van der Waals surface area (Å²) in [6, 6.07) is 10.0. The van der Waals surface area contributed by atoms with Gasteiger partial charge < -0.3 is 9.64 Å². The predicted molar refractivity (Wildman–Crippen MR) is 80.8 cm³/mol. The molecule has 0 aromatic heterocycles. The van der Waals surface area contributed by atoms with Gasteiger partial charge in [0, 0.05) is 13.0 Å².